The van der Waals surface area contributed by atoms with Gasteiger partial charge in [-0.3, -0.25) is 4.79 Å². The van der Waals surface area contributed by atoms with Crippen LogP contribution < -0.4 is 4.74 Å². The lowest BCUT2D eigenvalue weighted by atomic mass is 9.75. The number of carbonyl (C=O) groups excluding carboxylic acids is 1. The van der Waals surface area contributed by atoms with E-state index in [9.17, 15) is 15.3 Å². The molecule has 104 valence electrons. The first-order valence-electron chi connectivity index (χ1n) is 6.15. The van der Waals surface area contributed by atoms with Gasteiger partial charge in [-0.15, -0.1) is 0 Å². The fourth-order valence-electron chi connectivity index (χ4n) is 1.87. The van der Waals surface area contributed by atoms with Crippen LogP contribution in [0.3, 0.4) is 0 Å². The predicted octanol–water partition coefficient (Wildman–Crippen LogP) is 2.40. The molecule has 0 spiro atoms. The van der Waals surface area contributed by atoms with Crippen molar-refractivity contribution in [2.24, 2.45) is 5.41 Å². The van der Waals surface area contributed by atoms with E-state index in [-0.39, 0.29) is 6.61 Å². The van der Waals surface area contributed by atoms with Gasteiger partial charge in [-0.2, -0.15) is 10.5 Å². The van der Waals surface area contributed by atoms with Gasteiger partial charge in [0.05, 0.1) is 25.9 Å². The molecule has 2 unspecified atom stereocenters. The number of methoxy groups -OCH3 is 1. The van der Waals surface area contributed by atoms with E-state index in [1.165, 1.54) is 14.0 Å². The van der Waals surface area contributed by atoms with E-state index in [1.807, 2.05) is 12.1 Å². The maximum Gasteiger partial charge on any atom is 0.327 e. The third-order valence-electron chi connectivity index (χ3n) is 3.07. The van der Waals surface area contributed by atoms with E-state index < -0.39 is 17.3 Å². The molecule has 0 fully saturated rings. The molecule has 1 aromatic carbocycles. The Balaban J connectivity index is 3.26. The second kappa shape index (κ2) is 6.58. The molecule has 0 saturated heterocycles. The number of benzene rings is 1. The van der Waals surface area contributed by atoms with Crippen molar-refractivity contribution in [3.05, 3.63) is 29.8 Å². The zero-order valence-electron chi connectivity index (χ0n) is 11.7. The van der Waals surface area contributed by atoms with Crippen molar-refractivity contribution in [3.63, 3.8) is 0 Å². The number of ether oxygens (including phenoxy) is 2. The van der Waals surface area contributed by atoms with Crippen LogP contribution >= 0.6 is 0 Å². The summed E-state index contributed by atoms with van der Waals surface area (Å²) in [5.74, 6) is -1.06. The minimum atomic E-state index is -1.56. The van der Waals surface area contributed by atoms with Crippen LogP contribution in [-0.2, 0) is 9.53 Å². The van der Waals surface area contributed by atoms with Crippen LogP contribution in [-0.4, -0.2) is 19.7 Å². The van der Waals surface area contributed by atoms with Gasteiger partial charge in [0.2, 0.25) is 0 Å². The van der Waals surface area contributed by atoms with Crippen molar-refractivity contribution in [1.29, 1.82) is 10.5 Å². The second-order valence-corrected chi connectivity index (χ2v) is 4.37. The van der Waals surface area contributed by atoms with Gasteiger partial charge in [0, 0.05) is 0 Å². The van der Waals surface area contributed by atoms with Gasteiger partial charge in [0.25, 0.3) is 0 Å². The van der Waals surface area contributed by atoms with E-state index in [0.29, 0.717) is 11.3 Å². The third kappa shape index (κ3) is 2.89. The average molecular weight is 272 g/mol. The minimum absolute atomic E-state index is 0.159. The van der Waals surface area contributed by atoms with Crippen LogP contribution in [0.4, 0.5) is 0 Å². The summed E-state index contributed by atoms with van der Waals surface area (Å²) in [5, 5.41) is 18.7. The minimum Gasteiger partial charge on any atom is -0.497 e. The highest BCUT2D eigenvalue weighted by Crippen LogP contribution is 2.37. The van der Waals surface area contributed by atoms with Crippen molar-refractivity contribution >= 4 is 5.97 Å². The molecule has 1 aromatic rings. The van der Waals surface area contributed by atoms with Gasteiger partial charge in [-0.1, -0.05) is 12.1 Å². The van der Waals surface area contributed by atoms with Gasteiger partial charge < -0.3 is 9.47 Å². The van der Waals surface area contributed by atoms with E-state index in [0.717, 1.165) is 0 Å². The number of rotatable bonds is 5. The Kier molecular flexibility index (Phi) is 5.11. The summed E-state index contributed by atoms with van der Waals surface area (Å²) < 4.78 is 10.0. The second-order valence-electron chi connectivity index (χ2n) is 4.37. The van der Waals surface area contributed by atoms with Gasteiger partial charge >= 0.3 is 5.97 Å². The summed E-state index contributed by atoms with van der Waals surface area (Å²) in [6, 6.07) is 10.7. The molecule has 0 amide bonds. The molecule has 20 heavy (non-hydrogen) atoms. The molecule has 0 radical (unpaired) electrons. The lowest BCUT2D eigenvalue weighted by molar-refractivity contribution is -0.151. The van der Waals surface area contributed by atoms with Crippen LogP contribution in [0.15, 0.2) is 24.3 Å². The fourth-order valence-corrected chi connectivity index (χ4v) is 1.87. The molecule has 0 heterocycles. The Hall–Kier alpha value is -2.53. The maximum atomic E-state index is 12.0. The first kappa shape index (κ1) is 15.5. The summed E-state index contributed by atoms with van der Waals surface area (Å²) >= 11 is 0. The van der Waals surface area contributed by atoms with Crippen LogP contribution in [0.1, 0.15) is 25.3 Å². The molecule has 0 saturated carbocycles. The summed E-state index contributed by atoms with van der Waals surface area (Å²) in [7, 11) is 1.51. The maximum absolute atomic E-state index is 12.0. The topological polar surface area (TPSA) is 83.1 Å². The molecule has 0 bridgehead atoms. The molecule has 0 aliphatic rings. The predicted molar refractivity (Wildman–Crippen MR) is 71.7 cm³/mol. The summed E-state index contributed by atoms with van der Waals surface area (Å²) in [4.78, 5) is 12.0. The highest BCUT2D eigenvalue weighted by atomic mass is 16.5. The Morgan fingerprint density at radius 3 is 2.65 bits per heavy atom. The van der Waals surface area contributed by atoms with E-state index in [1.54, 1.807) is 31.2 Å². The first-order valence-corrected chi connectivity index (χ1v) is 6.15. The van der Waals surface area contributed by atoms with Crippen molar-refractivity contribution in [3.8, 4) is 17.9 Å². The first-order chi connectivity index (χ1) is 9.53. The van der Waals surface area contributed by atoms with Crippen molar-refractivity contribution < 1.29 is 14.3 Å². The number of hydrogen-bond acceptors (Lipinski definition) is 5. The normalized spacial score (nSPS) is 14.2. The number of carbonyl (C=O) groups is 1. The molecule has 0 aliphatic carbocycles. The molecule has 5 nitrogen and oxygen atoms in total. The summed E-state index contributed by atoms with van der Waals surface area (Å²) in [5.41, 5.74) is -1.01. The van der Waals surface area contributed by atoms with Crippen molar-refractivity contribution in [1.82, 2.24) is 0 Å². The highest BCUT2D eigenvalue weighted by Gasteiger charge is 2.44. The largest absolute Gasteiger partial charge is 0.497 e. The molecule has 2 atom stereocenters. The third-order valence-corrected chi connectivity index (χ3v) is 3.07. The zero-order chi connectivity index (χ0) is 15.2. The molecule has 1 rings (SSSR count). The molecule has 0 aliphatic heterocycles. The summed E-state index contributed by atoms with van der Waals surface area (Å²) in [6.45, 7) is 3.23. The zero-order valence-corrected chi connectivity index (χ0v) is 11.7. The fraction of sp³-hybridized carbons (Fsp3) is 0.400. The SMILES string of the molecule is CCOC(=O)C(C)(C#N)C(C#N)c1cccc(OC)c1. The van der Waals surface area contributed by atoms with Crippen LogP contribution in [0.5, 0.6) is 5.75 Å². The molecule has 5 heteroatoms. The van der Waals surface area contributed by atoms with E-state index in [2.05, 4.69) is 0 Å². The smallest absolute Gasteiger partial charge is 0.327 e. The van der Waals surface area contributed by atoms with E-state index >= 15 is 0 Å². The van der Waals surface area contributed by atoms with Gasteiger partial charge in [-0.25, -0.2) is 0 Å². The number of nitrogens with zero attached hydrogens (tertiary/aromatic N) is 2. The average Bonchev–Trinajstić information content (AvgIpc) is 2.48. The van der Waals surface area contributed by atoms with Crippen molar-refractivity contribution in [2.45, 2.75) is 19.8 Å². The molecule has 0 N–H and O–H groups in total. The standard InChI is InChI=1S/C15H16N2O3/c1-4-20-14(18)15(2,10-17)13(9-16)11-6-5-7-12(8-11)19-3/h5-8,13H,4H2,1-3H3. The van der Waals surface area contributed by atoms with Gasteiger partial charge in [0.15, 0.2) is 5.41 Å². The monoisotopic (exact) mass is 272 g/mol. The number of nitriles is 2. The Labute approximate surface area is 118 Å². The Bertz CT molecular complexity index is 571. The summed E-state index contributed by atoms with van der Waals surface area (Å²) in [6.07, 6.45) is 0. The quantitative estimate of drug-likeness (QED) is 0.768. The molecular formula is C15H16N2O3. The lowest BCUT2D eigenvalue weighted by Gasteiger charge is -2.24. The van der Waals surface area contributed by atoms with Crippen LogP contribution in [0, 0.1) is 28.1 Å². The van der Waals surface area contributed by atoms with Crippen molar-refractivity contribution in [2.75, 3.05) is 13.7 Å². The number of esters is 1. The van der Waals surface area contributed by atoms with Gasteiger partial charge in [-0.05, 0) is 31.5 Å². The van der Waals surface area contributed by atoms with Gasteiger partial charge in [0.1, 0.15) is 11.7 Å². The van der Waals surface area contributed by atoms with Crippen LogP contribution in [0.2, 0.25) is 0 Å². The van der Waals surface area contributed by atoms with E-state index in [4.69, 9.17) is 9.47 Å². The molecule has 0 aromatic heterocycles. The Morgan fingerprint density at radius 2 is 2.15 bits per heavy atom. The highest BCUT2D eigenvalue weighted by molar-refractivity contribution is 5.81. The molecular weight excluding hydrogens is 256 g/mol. The van der Waals surface area contributed by atoms with Crippen LogP contribution in [0.25, 0.3) is 0 Å². The number of hydrogen-bond donors (Lipinski definition) is 0. The lowest BCUT2D eigenvalue weighted by Crippen LogP contribution is -2.34. The Morgan fingerprint density at radius 1 is 1.45 bits per heavy atom.